The topological polar surface area (TPSA) is 61.4 Å². The molecule has 1 aliphatic heterocycles. The molecule has 0 saturated carbocycles. The van der Waals surface area contributed by atoms with E-state index < -0.39 is 0 Å². The Balaban J connectivity index is 1.85. The quantitative estimate of drug-likeness (QED) is 0.838. The molecule has 0 aromatic heterocycles. The zero-order valence-electron chi connectivity index (χ0n) is 13.6. The summed E-state index contributed by atoms with van der Waals surface area (Å²) in [5, 5.41) is 5.89. The first-order valence-corrected chi connectivity index (χ1v) is 8.84. The van der Waals surface area contributed by atoms with Gasteiger partial charge in [0.15, 0.2) is 0 Å². The Morgan fingerprint density at radius 1 is 1.39 bits per heavy atom. The summed E-state index contributed by atoms with van der Waals surface area (Å²) >= 11 is 3.40. The van der Waals surface area contributed by atoms with Crippen molar-refractivity contribution in [3.63, 3.8) is 0 Å². The van der Waals surface area contributed by atoms with Gasteiger partial charge in [-0.25, -0.2) is 4.79 Å². The summed E-state index contributed by atoms with van der Waals surface area (Å²) in [6, 6.07) is 7.47. The number of hydrogen-bond acceptors (Lipinski definition) is 2. The van der Waals surface area contributed by atoms with E-state index in [1.807, 2.05) is 43.0 Å². The second kappa shape index (κ2) is 8.34. The highest BCUT2D eigenvalue weighted by molar-refractivity contribution is 9.10. The number of likely N-dealkylation sites (tertiary alicyclic amines) is 1. The zero-order valence-corrected chi connectivity index (χ0v) is 15.2. The van der Waals surface area contributed by atoms with E-state index in [0.29, 0.717) is 19.0 Å². The van der Waals surface area contributed by atoms with E-state index in [4.69, 9.17) is 0 Å². The summed E-state index contributed by atoms with van der Waals surface area (Å²) in [7, 11) is 0. The molecule has 2 N–H and O–H groups in total. The number of anilines is 1. The summed E-state index contributed by atoms with van der Waals surface area (Å²) in [4.78, 5) is 25.9. The Kier molecular flexibility index (Phi) is 6.45. The van der Waals surface area contributed by atoms with E-state index in [2.05, 4.69) is 26.6 Å². The van der Waals surface area contributed by atoms with Gasteiger partial charge in [-0.3, -0.25) is 4.79 Å². The van der Waals surface area contributed by atoms with Crippen LogP contribution in [-0.2, 0) is 4.79 Å². The molecule has 1 heterocycles. The van der Waals surface area contributed by atoms with Crippen molar-refractivity contribution in [1.29, 1.82) is 0 Å². The lowest BCUT2D eigenvalue weighted by Crippen LogP contribution is -2.45. The van der Waals surface area contributed by atoms with Crippen LogP contribution in [0.2, 0.25) is 0 Å². The van der Waals surface area contributed by atoms with Gasteiger partial charge in [-0.15, -0.1) is 0 Å². The number of halogens is 1. The molecule has 3 amide bonds. The Bertz CT molecular complexity index is 563. The lowest BCUT2D eigenvalue weighted by molar-refractivity contribution is -0.124. The van der Waals surface area contributed by atoms with E-state index in [9.17, 15) is 9.59 Å². The number of carbonyl (C=O) groups is 2. The first-order chi connectivity index (χ1) is 11.0. The van der Waals surface area contributed by atoms with E-state index in [1.54, 1.807) is 0 Å². The predicted octanol–water partition coefficient (Wildman–Crippen LogP) is 3.47. The van der Waals surface area contributed by atoms with Crippen LogP contribution >= 0.6 is 15.9 Å². The summed E-state index contributed by atoms with van der Waals surface area (Å²) in [5.74, 6) is 0.384. The van der Waals surface area contributed by atoms with E-state index in [1.165, 1.54) is 0 Å². The molecule has 126 valence electrons. The maximum absolute atomic E-state index is 12.4. The second-order valence-corrected chi connectivity index (χ2v) is 7.21. The molecule has 5 nitrogen and oxygen atoms in total. The van der Waals surface area contributed by atoms with Crippen molar-refractivity contribution in [1.82, 2.24) is 10.2 Å². The molecule has 1 unspecified atom stereocenters. The molecule has 1 aliphatic rings. The first-order valence-electron chi connectivity index (χ1n) is 8.05. The van der Waals surface area contributed by atoms with Gasteiger partial charge in [0.05, 0.1) is 0 Å². The van der Waals surface area contributed by atoms with Gasteiger partial charge in [-0.2, -0.15) is 0 Å². The second-order valence-electron chi connectivity index (χ2n) is 6.29. The smallest absolute Gasteiger partial charge is 0.321 e. The molecule has 2 rings (SSSR count). The molecule has 0 aliphatic carbocycles. The third-order valence-electron chi connectivity index (χ3n) is 3.97. The largest absolute Gasteiger partial charge is 0.356 e. The summed E-state index contributed by atoms with van der Waals surface area (Å²) < 4.78 is 0.934. The zero-order chi connectivity index (χ0) is 16.8. The van der Waals surface area contributed by atoms with Crippen LogP contribution in [0.4, 0.5) is 10.5 Å². The molecular formula is C17H24BrN3O2. The van der Waals surface area contributed by atoms with Crippen molar-refractivity contribution in [2.24, 2.45) is 11.8 Å². The van der Waals surface area contributed by atoms with Crippen LogP contribution < -0.4 is 10.6 Å². The number of piperidine rings is 1. The maximum atomic E-state index is 12.4. The van der Waals surface area contributed by atoms with E-state index >= 15 is 0 Å². The Morgan fingerprint density at radius 3 is 2.87 bits per heavy atom. The van der Waals surface area contributed by atoms with Crippen LogP contribution in [0.15, 0.2) is 28.7 Å². The highest BCUT2D eigenvalue weighted by Gasteiger charge is 2.24. The normalized spacial score (nSPS) is 17.9. The summed E-state index contributed by atoms with van der Waals surface area (Å²) in [5.41, 5.74) is 0.777. The molecule has 23 heavy (non-hydrogen) atoms. The lowest BCUT2D eigenvalue weighted by atomic mass is 9.98. The fraction of sp³-hybridized carbons (Fsp3) is 0.529. The van der Waals surface area contributed by atoms with Gasteiger partial charge in [0.25, 0.3) is 0 Å². The molecule has 1 aromatic carbocycles. The third-order valence-corrected chi connectivity index (χ3v) is 4.46. The molecule has 1 saturated heterocycles. The molecule has 1 aromatic rings. The number of benzene rings is 1. The van der Waals surface area contributed by atoms with Crippen LogP contribution in [0.5, 0.6) is 0 Å². The number of hydrogen-bond donors (Lipinski definition) is 2. The lowest BCUT2D eigenvalue weighted by Gasteiger charge is -2.33. The van der Waals surface area contributed by atoms with Crippen LogP contribution in [0.25, 0.3) is 0 Å². The number of nitrogens with zero attached hydrogens (tertiary/aromatic N) is 1. The minimum atomic E-state index is -0.0806. The third kappa shape index (κ3) is 5.53. The van der Waals surface area contributed by atoms with Crippen LogP contribution in [0.3, 0.4) is 0 Å². The standard InChI is InChI=1S/C17H24BrN3O2/c1-12(2)16(22)19-10-13-5-4-8-21(11-13)17(23)20-15-7-3-6-14(18)9-15/h3,6-7,9,12-13H,4-5,8,10-11H2,1-2H3,(H,19,22)(H,20,23). The molecular weight excluding hydrogens is 358 g/mol. The summed E-state index contributed by atoms with van der Waals surface area (Å²) in [6.07, 6.45) is 2.01. The Hall–Kier alpha value is -1.56. The fourth-order valence-electron chi connectivity index (χ4n) is 2.63. The van der Waals surface area contributed by atoms with Gasteiger partial charge in [0, 0.05) is 35.7 Å². The number of nitrogens with one attached hydrogen (secondary N) is 2. The van der Waals surface area contributed by atoms with Crippen molar-refractivity contribution >= 4 is 33.6 Å². The maximum Gasteiger partial charge on any atom is 0.321 e. The van der Waals surface area contributed by atoms with Crippen molar-refractivity contribution < 1.29 is 9.59 Å². The van der Waals surface area contributed by atoms with Crippen molar-refractivity contribution in [3.05, 3.63) is 28.7 Å². The van der Waals surface area contributed by atoms with E-state index in [0.717, 1.165) is 29.5 Å². The predicted molar refractivity (Wildman–Crippen MR) is 95.3 cm³/mol. The minimum absolute atomic E-state index is 0.00507. The number of carbonyl (C=O) groups excluding carboxylic acids is 2. The number of amides is 3. The Morgan fingerprint density at radius 2 is 2.17 bits per heavy atom. The summed E-state index contributed by atoms with van der Waals surface area (Å²) in [6.45, 7) is 5.84. The van der Waals surface area contributed by atoms with Gasteiger partial charge < -0.3 is 15.5 Å². The molecule has 1 fully saturated rings. The van der Waals surface area contributed by atoms with Gasteiger partial charge >= 0.3 is 6.03 Å². The van der Waals surface area contributed by atoms with Crippen LogP contribution in [-0.4, -0.2) is 36.5 Å². The average molecular weight is 382 g/mol. The highest BCUT2D eigenvalue weighted by Crippen LogP contribution is 2.19. The number of rotatable bonds is 4. The Labute approximate surface area is 145 Å². The fourth-order valence-corrected chi connectivity index (χ4v) is 3.03. The molecule has 6 heteroatoms. The minimum Gasteiger partial charge on any atom is -0.356 e. The van der Waals surface area contributed by atoms with Crippen molar-refractivity contribution in [2.75, 3.05) is 25.0 Å². The van der Waals surface area contributed by atoms with Crippen molar-refractivity contribution in [2.45, 2.75) is 26.7 Å². The average Bonchev–Trinajstić information content (AvgIpc) is 2.52. The van der Waals surface area contributed by atoms with Gasteiger partial charge in [0.1, 0.15) is 0 Å². The van der Waals surface area contributed by atoms with E-state index in [-0.39, 0.29) is 17.9 Å². The number of urea groups is 1. The van der Waals surface area contributed by atoms with Crippen LogP contribution in [0, 0.1) is 11.8 Å². The highest BCUT2D eigenvalue weighted by atomic mass is 79.9. The molecule has 0 radical (unpaired) electrons. The monoisotopic (exact) mass is 381 g/mol. The van der Waals surface area contributed by atoms with Crippen molar-refractivity contribution in [3.8, 4) is 0 Å². The SMILES string of the molecule is CC(C)C(=O)NCC1CCCN(C(=O)Nc2cccc(Br)c2)C1. The molecule has 0 bridgehead atoms. The van der Waals surface area contributed by atoms with Crippen LogP contribution in [0.1, 0.15) is 26.7 Å². The first kappa shape index (κ1) is 17.8. The van der Waals surface area contributed by atoms with Gasteiger partial charge in [-0.05, 0) is 37.0 Å². The van der Waals surface area contributed by atoms with Gasteiger partial charge in [0.2, 0.25) is 5.91 Å². The molecule has 0 spiro atoms. The van der Waals surface area contributed by atoms with Gasteiger partial charge in [-0.1, -0.05) is 35.8 Å². The molecule has 1 atom stereocenters.